The van der Waals surface area contributed by atoms with Gasteiger partial charge in [0.2, 0.25) is 10.0 Å². The second kappa shape index (κ2) is 10.1. The average Bonchev–Trinajstić information content (AvgIpc) is 2.79. The Bertz CT molecular complexity index is 1030. The summed E-state index contributed by atoms with van der Waals surface area (Å²) < 4.78 is 43.0. The van der Waals surface area contributed by atoms with Gasteiger partial charge in [0.05, 0.1) is 32.3 Å². The number of benzene rings is 2. The van der Waals surface area contributed by atoms with Crippen molar-refractivity contribution in [1.29, 1.82) is 0 Å². The van der Waals surface area contributed by atoms with Crippen molar-refractivity contribution >= 4 is 15.9 Å². The maximum Gasteiger partial charge on any atom is 0.251 e. The average molecular weight is 449 g/mol. The lowest BCUT2D eigenvalue weighted by atomic mass is 10.1. The Morgan fingerprint density at radius 2 is 1.77 bits per heavy atom. The topological polar surface area (TPSA) is 94.2 Å². The van der Waals surface area contributed by atoms with E-state index >= 15 is 0 Å². The van der Waals surface area contributed by atoms with Crippen LogP contribution >= 0.6 is 0 Å². The summed E-state index contributed by atoms with van der Waals surface area (Å²) in [6.07, 6.45) is 0.594. The molecule has 0 aliphatic carbocycles. The van der Waals surface area contributed by atoms with Gasteiger partial charge in [-0.15, -0.1) is 0 Å². The first-order valence-electron chi connectivity index (χ1n) is 10.0. The standard InChI is InChI=1S/C22H28N2O6S/c1-16-4-6-18(31(26,27)24-10-12-30-13-11-24)15-19(16)22(25)23-9-8-17-5-7-20(28-2)21(14-17)29-3/h4-7,14-15H,8-13H2,1-3H3,(H,23,25). The molecule has 1 amide bonds. The van der Waals surface area contributed by atoms with Crippen molar-refractivity contribution in [1.82, 2.24) is 9.62 Å². The fourth-order valence-electron chi connectivity index (χ4n) is 3.39. The molecule has 9 heteroatoms. The molecule has 0 aromatic heterocycles. The van der Waals surface area contributed by atoms with Gasteiger partial charge in [-0.3, -0.25) is 4.79 Å². The minimum absolute atomic E-state index is 0.116. The molecular weight excluding hydrogens is 420 g/mol. The summed E-state index contributed by atoms with van der Waals surface area (Å²) in [5.74, 6) is 0.962. The first-order valence-corrected chi connectivity index (χ1v) is 11.5. The summed E-state index contributed by atoms with van der Waals surface area (Å²) in [4.78, 5) is 12.9. The lowest BCUT2D eigenvalue weighted by Crippen LogP contribution is -2.40. The van der Waals surface area contributed by atoms with E-state index in [0.29, 0.717) is 61.9 Å². The van der Waals surface area contributed by atoms with Gasteiger partial charge in [-0.2, -0.15) is 4.31 Å². The summed E-state index contributed by atoms with van der Waals surface area (Å²) in [6.45, 7) is 3.54. The third kappa shape index (κ3) is 5.36. The van der Waals surface area contributed by atoms with E-state index in [1.165, 1.54) is 10.4 Å². The van der Waals surface area contributed by atoms with Crippen molar-refractivity contribution in [2.45, 2.75) is 18.2 Å². The number of nitrogens with one attached hydrogen (secondary N) is 1. The molecule has 1 saturated heterocycles. The summed E-state index contributed by atoms with van der Waals surface area (Å²) in [7, 11) is -0.515. The SMILES string of the molecule is COc1ccc(CCNC(=O)c2cc(S(=O)(=O)N3CCOCC3)ccc2C)cc1OC. The first kappa shape index (κ1) is 23.1. The number of carbonyl (C=O) groups excluding carboxylic acids is 1. The van der Waals surface area contributed by atoms with E-state index < -0.39 is 10.0 Å². The van der Waals surface area contributed by atoms with Crippen LogP contribution in [0.4, 0.5) is 0 Å². The summed E-state index contributed by atoms with van der Waals surface area (Å²) in [5.41, 5.74) is 2.05. The molecule has 1 heterocycles. The van der Waals surface area contributed by atoms with Crippen LogP contribution in [0.5, 0.6) is 11.5 Å². The van der Waals surface area contributed by atoms with E-state index in [4.69, 9.17) is 14.2 Å². The van der Waals surface area contributed by atoms with E-state index in [1.54, 1.807) is 33.3 Å². The predicted molar refractivity (Wildman–Crippen MR) is 116 cm³/mol. The fraction of sp³-hybridized carbons (Fsp3) is 0.409. The van der Waals surface area contributed by atoms with Crippen molar-refractivity contribution in [3.8, 4) is 11.5 Å². The molecule has 1 aliphatic rings. The van der Waals surface area contributed by atoms with E-state index in [0.717, 1.165) is 5.56 Å². The zero-order valence-corrected chi connectivity index (χ0v) is 18.8. The van der Waals surface area contributed by atoms with E-state index in [2.05, 4.69) is 5.32 Å². The molecule has 168 valence electrons. The Morgan fingerprint density at radius 3 is 2.45 bits per heavy atom. The lowest BCUT2D eigenvalue weighted by Gasteiger charge is -2.26. The monoisotopic (exact) mass is 448 g/mol. The second-order valence-electron chi connectivity index (χ2n) is 7.19. The van der Waals surface area contributed by atoms with Gasteiger partial charge in [0, 0.05) is 25.2 Å². The number of sulfonamides is 1. The number of hydrogen-bond donors (Lipinski definition) is 1. The third-order valence-corrected chi connectivity index (χ3v) is 7.10. The van der Waals surface area contributed by atoms with E-state index in [9.17, 15) is 13.2 Å². The molecule has 2 aromatic carbocycles. The molecule has 1 fully saturated rings. The number of amides is 1. The zero-order valence-electron chi connectivity index (χ0n) is 18.0. The largest absolute Gasteiger partial charge is 0.493 e. The van der Waals surface area contributed by atoms with Crippen molar-refractivity contribution in [2.24, 2.45) is 0 Å². The van der Waals surface area contributed by atoms with E-state index in [1.807, 2.05) is 18.2 Å². The summed E-state index contributed by atoms with van der Waals surface area (Å²) >= 11 is 0. The Hall–Kier alpha value is -2.62. The lowest BCUT2D eigenvalue weighted by molar-refractivity contribution is 0.0730. The minimum atomic E-state index is -3.67. The molecule has 0 saturated carbocycles. The Labute approximate surface area is 183 Å². The molecule has 0 unspecified atom stereocenters. The number of morpholine rings is 1. The fourth-order valence-corrected chi connectivity index (χ4v) is 4.83. The molecule has 1 N–H and O–H groups in total. The zero-order chi connectivity index (χ0) is 22.4. The molecule has 0 radical (unpaired) electrons. The van der Waals surface area contributed by atoms with Crippen LogP contribution in [0.15, 0.2) is 41.3 Å². The van der Waals surface area contributed by atoms with Gasteiger partial charge < -0.3 is 19.5 Å². The number of nitrogens with zero attached hydrogens (tertiary/aromatic N) is 1. The third-order valence-electron chi connectivity index (χ3n) is 5.21. The van der Waals surface area contributed by atoms with Crippen LogP contribution in [0, 0.1) is 6.92 Å². The summed E-state index contributed by atoms with van der Waals surface area (Å²) in [5, 5.41) is 2.87. The van der Waals surface area contributed by atoms with Crippen molar-refractivity contribution < 1.29 is 27.4 Å². The van der Waals surface area contributed by atoms with Crippen molar-refractivity contribution in [2.75, 3.05) is 47.1 Å². The Morgan fingerprint density at radius 1 is 1.06 bits per heavy atom. The molecule has 8 nitrogen and oxygen atoms in total. The van der Waals surface area contributed by atoms with Crippen LogP contribution < -0.4 is 14.8 Å². The van der Waals surface area contributed by atoms with Crippen LogP contribution in [0.2, 0.25) is 0 Å². The highest BCUT2D eigenvalue weighted by Crippen LogP contribution is 2.27. The van der Waals surface area contributed by atoms with E-state index in [-0.39, 0.29) is 10.8 Å². The number of hydrogen-bond acceptors (Lipinski definition) is 6. The predicted octanol–water partition coefficient (Wildman–Crippen LogP) is 2.01. The quantitative estimate of drug-likeness (QED) is 0.664. The number of ether oxygens (including phenoxy) is 3. The smallest absolute Gasteiger partial charge is 0.251 e. The van der Waals surface area contributed by atoms with Gasteiger partial charge in [0.25, 0.3) is 5.91 Å². The van der Waals surface area contributed by atoms with Crippen LogP contribution in [0.1, 0.15) is 21.5 Å². The second-order valence-corrected chi connectivity index (χ2v) is 9.13. The first-order chi connectivity index (χ1) is 14.9. The number of carbonyl (C=O) groups is 1. The van der Waals surface area contributed by atoms with Crippen LogP contribution in [0.3, 0.4) is 0 Å². The minimum Gasteiger partial charge on any atom is -0.493 e. The van der Waals surface area contributed by atoms with Gasteiger partial charge >= 0.3 is 0 Å². The molecular formula is C22H28N2O6S. The molecule has 31 heavy (non-hydrogen) atoms. The Kier molecular flexibility index (Phi) is 7.53. The van der Waals surface area contributed by atoms with Crippen molar-refractivity contribution in [3.63, 3.8) is 0 Å². The molecule has 3 rings (SSSR count). The Balaban J connectivity index is 1.68. The molecule has 0 atom stereocenters. The van der Waals surface area contributed by atoms with Gasteiger partial charge in [0.1, 0.15) is 0 Å². The number of methoxy groups -OCH3 is 2. The highest BCUT2D eigenvalue weighted by molar-refractivity contribution is 7.89. The normalized spacial score (nSPS) is 14.8. The summed E-state index contributed by atoms with van der Waals surface area (Å²) in [6, 6.07) is 10.3. The molecule has 0 spiro atoms. The highest BCUT2D eigenvalue weighted by Gasteiger charge is 2.27. The van der Waals surface area contributed by atoms with Crippen LogP contribution in [-0.2, 0) is 21.2 Å². The van der Waals surface area contributed by atoms with Crippen LogP contribution in [-0.4, -0.2) is 65.7 Å². The van der Waals surface area contributed by atoms with Gasteiger partial charge in [-0.25, -0.2) is 8.42 Å². The number of rotatable bonds is 8. The van der Waals surface area contributed by atoms with Crippen molar-refractivity contribution in [3.05, 3.63) is 53.1 Å². The molecule has 2 aromatic rings. The van der Waals surface area contributed by atoms with Crippen LogP contribution in [0.25, 0.3) is 0 Å². The molecule has 0 bridgehead atoms. The van der Waals surface area contributed by atoms with Gasteiger partial charge in [-0.05, 0) is 48.7 Å². The molecule has 1 aliphatic heterocycles. The van der Waals surface area contributed by atoms with Gasteiger partial charge in [-0.1, -0.05) is 12.1 Å². The van der Waals surface area contributed by atoms with Gasteiger partial charge in [0.15, 0.2) is 11.5 Å². The highest BCUT2D eigenvalue weighted by atomic mass is 32.2. The maximum atomic E-state index is 12.9. The number of aryl methyl sites for hydroxylation is 1. The maximum absolute atomic E-state index is 12.9.